The van der Waals surface area contributed by atoms with E-state index in [0.717, 1.165) is 10.0 Å². The third-order valence-electron chi connectivity index (χ3n) is 3.05. The van der Waals surface area contributed by atoms with E-state index in [1.54, 1.807) is 0 Å². The number of hydrogen-bond acceptors (Lipinski definition) is 6. The Morgan fingerprint density at radius 2 is 2.25 bits per heavy atom. The number of carbonyl (C=O) groups is 2. The molecule has 1 fully saturated rings. The van der Waals surface area contributed by atoms with Gasteiger partial charge in [-0.1, -0.05) is 33.2 Å². The molecule has 0 N–H and O–H groups in total. The van der Waals surface area contributed by atoms with Gasteiger partial charge in [-0.05, 0) is 12.1 Å². The number of carbonyl (C=O) groups excluding carboxylic acids is 2. The Kier molecular flexibility index (Phi) is 3.21. The second kappa shape index (κ2) is 4.90. The Bertz CT molecular complexity index is 615. The molecule has 20 heavy (non-hydrogen) atoms. The number of halogens is 1. The van der Waals surface area contributed by atoms with Crippen molar-refractivity contribution in [2.45, 2.75) is 19.3 Å². The Balaban J connectivity index is 1.87. The highest BCUT2D eigenvalue weighted by Gasteiger charge is 2.55. The zero-order valence-corrected chi connectivity index (χ0v) is 12.0. The van der Waals surface area contributed by atoms with Crippen molar-refractivity contribution in [2.24, 2.45) is 11.1 Å². The molecule has 0 aromatic heterocycles. The summed E-state index contributed by atoms with van der Waals surface area (Å²) in [7, 11) is 0. The van der Waals surface area contributed by atoms with E-state index in [2.05, 4.69) is 21.1 Å². The van der Waals surface area contributed by atoms with Gasteiger partial charge in [0, 0.05) is 17.0 Å². The maximum atomic E-state index is 11.9. The van der Waals surface area contributed by atoms with E-state index < -0.39 is 30.3 Å². The Morgan fingerprint density at radius 1 is 1.45 bits per heavy atom. The molecule has 3 rings (SSSR count). The number of oxime groups is 1. The number of ether oxygens (including phenoxy) is 2. The van der Waals surface area contributed by atoms with Gasteiger partial charge in [-0.15, -0.1) is 0 Å². The molecular formula is C13H10BrNO5. The molecule has 0 unspecified atom stereocenters. The Labute approximate surface area is 122 Å². The van der Waals surface area contributed by atoms with E-state index in [1.165, 1.54) is 6.92 Å². The molecule has 7 heteroatoms. The average Bonchev–Trinajstić information content (AvgIpc) is 2.92. The van der Waals surface area contributed by atoms with Gasteiger partial charge in [0.2, 0.25) is 6.10 Å². The summed E-state index contributed by atoms with van der Waals surface area (Å²) in [5, 5.41) is 3.94. The summed E-state index contributed by atoms with van der Waals surface area (Å²) >= 11 is 3.36. The Morgan fingerprint density at radius 3 is 2.95 bits per heavy atom. The van der Waals surface area contributed by atoms with Crippen molar-refractivity contribution >= 4 is 33.6 Å². The summed E-state index contributed by atoms with van der Waals surface area (Å²) < 4.78 is 10.8. The molecule has 6 nitrogen and oxygen atoms in total. The zero-order valence-electron chi connectivity index (χ0n) is 10.4. The summed E-state index contributed by atoms with van der Waals surface area (Å²) in [6.07, 6.45) is -1.77. The van der Waals surface area contributed by atoms with Crippen LogP contribution < -0.4 is 0 Å². The van der Waals surface area contributed by atoms with Gasteiger partial charge in [-0.2, -0.15) is 0 Å². The first kappa shape index (κ1) is 13.1. The van der Waals surface area contributed by atoms with Crippen LogP contribution in [0.15, 0.2) is 33.9 Å². The fourth-order valence-corrected chi connectivity index (χ4v) is 2.63. The van der Waals surface area contributed by atoms with E-state index in [0.29, 0.717) is 5.71 Å². The van der Waals surface area contributed by atoms with Gasteiger partial charge in [0.05, 0.1) is 0 Å². The highest BCUT2D eigenvalue weighted by molar-refractivity contribution is 9.10. The molecule has 1 aromatic carbocycles. The van der Waals surface area contributed by atoms with Crippen molar-refractivity contribution in [3.63, 3.8) is 0 Å². The van der Waals surface area contributed by atoms with Gasteiger partial charge in [0.25, 0.3) is 6.29 Å². The maximum absolute atomic E-state index is 11.9. The van der Waals surface area contributed by atoms with Crippen molar-refractivity contribution < 1.29 is 23.9 Å². The largest absolute Gasteiger partial charge is 0.421 e. The molecule has 0 bridgehead atoms. The number of fused-ring (bicyclic) bond motifs is 1. The van der Waals surface area contributed by atoms with Gasteiger partial charge >= 0.3 is 11.9 Å². The molecule has 0 saturated carbocycles. The molecule has 1 aromatic rings. The smallest absolute Gasteiger partial charge is 0.322 e. The maximum Gasteiger partial charge on any atom is 0.322 e. The molecule has 0 radical (unpaired) electrons. The summed E-state index contributed by atoms with van der Waals surface area (Å²) in [5.41, 5.74) is 1.24. The first-order valence-corrected chi connectivity index (χ1v) is 6.73. The molecule has 0 aliphatic carbocycles. The second-order valence-corrected chi connectivity index (χ2v) is 5.36. The van der Waals surface area contributed by atoms with Crippen molar-refractivity contribution in [1.82, 2.24) is 0 Å². The summed E-state index contributed by atoms with van der Waals surface area (Å²) in [6.45, 7) is 1.24. The minimum Gasteiger partial charge on any atom is -0.421 e. The molecule has 2 aliphatic rings. The lowest BCUT2D eigenvalue weighted by Crippen LogP contribution is -2.31. The summed E-state index contributed by atoms with van der Waals surface area (Å²) in [6, 6.07) is 7.35. The minimum absolute atomic E-state index is 0.482. The normalized spacial score (nSPS) is 27.4. The zero-order chi connectivity index (χ0) is 14.3. The molecule has 0 amide bonds. The van der Waals surface area contributed by atoms with E-state index in [4.69, 9.17) is 14.3 Å². The van der Waals surface area contributed by atoms with Gasteiger partial charge in [-0.25, -0.2) is 0 Å². The van der Waals surface area contributed by atoms with Crippen LogP contribution in [0.5, 0.6) is 0 Å². The molecular weight excluding hydrogens is 330 g/mol. The summed E-state index contributed by atoms with van der Waals surface area (Å²) in [5.74, 6) is -1.71. The predicted octanol–water partition coefficient (Wildman–Crippen LogP) is 1.61. The lowest BCUT2D eigenvalue weighted by atomic mass is 9.94. The topological polar surface area (TPSA) is 74.2 Å². The van der Waals surface area contributed by atoms with E-state index in [-0.39, 0.29) is 0 Å². The number of benzene rings is 1. The number of esters is 2. The monoisotopic (exact) mass is 339 g/mol. The van der Waals surface area contributed by atoms with Crippen molar-refractivity contribution in [1.29, 1.82) is 0 Å². The molecule has 2 heterocycles. The lowest BCUT2D eigenvalue weighted by Gasteiger charge is -2.13. The van der Waals surface area contributed by atoms with Crippen LogP contribution in [0.2, 0.25) is 0 Å². The van der Waals surface area contributed by atoms with E-state index in [9.17, 15) is 9.59 Å². The first-order chi connectivity index (χ1) is 9.56. The lowest BCUT2D eigenvalue weighted by molar-refractivity contribution is -0.188. The third kappa shape index (κ3) is 2.18. The van der Waals surface area contributed by atoms with Crippen molar-refractivity contribution in [3.05, 3.63) is 34.3 Å². The van der Waals surface area contributed by atoms with Crippen LogP contribution in [-0.4, -0.2) is 30.0 Å². The number of nitrogens with zero attached hydrogens (tertiary/aromatic N) is 1. The summed E-state index contributed by atoms with van der Waals surface area (Å²) in [4.78, 5) is 28.1. The van der Waals surface area contributed by atoms with Gasteiger partial charge in [0.15, 0.2) is 0 Å². The van der Waals surface area contributed by atoms with Gasteiger partial charge in [-0.3, -0.25) is 9.59 Å². The van der Waals surface area contributed by atoms with Crippen LogP contribution in [0.4, 0.5) is 0 Å². The Hall–Kier alpha value is -1.89. The van der Waals surface area contributed by atoms with Crippen LogP contribution >= 0.6 is 15.9 Å². The number of hydrogen-bond donors (Lipinski definition) is 0. The van der Waals surface area contributed by atoms with Crippen LogP contribution in [0.25, 0.3) is 0 Å². The van der Waals surface area contributed by atoms with E-state index in [1.807, 2.05) is 24.3 Å². The molecule has 104 valence electrons. The minimum atomic E-state index is -1.04. The quantitative estimate of drug-likeness (QED) is 0.765. The SMILES string of the molecule is CC(=O)O[C@H]1OC(=O)[C@@H]2C(c3cccc(Br)c3)=NO[C@H]12. The van der Waals surface area contributed by atoms with E-state index >= 15 is 0 Å². The predicted molar refractivity (Wildman–Crippen MR) is 70.7 cm³/mol. The highest BCUT2D eigenvalue weighted by Crippen LogP contribution is 2.34. The average molecular weight is 340 g/mol. The van der Waals surface area contributed by atoms with Gasteiger partial charge in [0.1, 0.15) is 11.6 Å². The molecule has 0 spiro atoms. The molecule has 3 atom stereocenters. The fraction of sp³-hybridized carbons (Fsp3) is 0.308. The van der Waals surface area contributed by atoms with Gasteiger partial charge < -0.3 is 14.3 Å². The number of cyclic esters (lactones) is 1. The first-order valence-electron chi connectivity index (χ1n) is 5.93. The van der Waals surface area contributed by atoms with Crippen molar-refractivity contribution in [3.8, 4) is 0 Å². The third-order valence-corrected chi connectivity index (χ3v) is 3.55. The van der Waals surface area contributed by atoms with Crippen LogP contribution in [0.1, 0.15) is 12.5 Å². The highest BCUT2D eigenvalue weighted by atomic mass is 79.9. The van der Waals surface area contributed by atoms with Crippen LogP contribution in [-0.2, 0) is 23.9 Å². The molecule has 2 aliphatic heterocycles. The van der Waals surface area contributed by atoms with Crippen LogP contribution in [0, 0.1) is 5.92 Å². The fourth-order valence-electron chi connectivity index (χ4n) is 2.23. The van der Waals surface area contributed by atoms with Crippen molar-refractivity contribution in [2.75, 3.05) is 0 Å². The second-order valence-electron chi connectivity index (χ2n) is 4.45. The molecule has 1 saturated heterocycles. The standard InChI is InChI=1S/C13H10BrNO5/c1-6(16)18-13-11-9(12(17)19-13)10(15-20-11)7-3-2-4-8(14)5-7/h2-5,9,11,13H,1H3/t9-,11+,13+/m1/s1. The number of rotatable bonds is 2. The van der Waals surface area contributed by atoms with Crippen LogP contribution in [0.3, 0.4) is 0 Å².